The lowest BCUT2D eigenvalue weighted by Gasteiger charge is -2.09. The van der Waals surface area contributed by atoms with Crippen molar-refractivity contribution in [1.29, 1.82) is 0 Å². The summed E-state index contributed by atoms with van der Waals surface area (Å²) in [6.45, 7) is 1.85. The van der Waals surface area contributed by atoms with Crippen LogP contribution in [-0.4, -0.2) is 21.8 Å². The zero-order chi connectivity index (χ0) is 15.6. The molecule has 112 valence electrons. The highest BCUT2D eigenvalue weighted by atomic mass is 79.9. The van der Waals surface area contributed by atoms with E-state index in [0.717, 1.165) is 11.3 Å². The number of hydrogen-bond acceptors (Lipinski definition) is 5. The number of alkyl halides is 1. The van der Waals surface area contributed by atoms with Crippen LogP contribution in [0.1, 0.15) is 11.3 Å². The van der Waals surface area contributed by atoms with E-state index >= 15 is 0 Å². The van der Waals surface area contributed by atoms with Gasteiger partial charge in [-0.15, -0.1) is 0 Å². The van der Waals surface area contributed by atoms with Crippen molar-refractivity contribution in [3.63, 3.8) is 0 Å². The second-order valence-electron chi connectivity index (χ2n) is 4.32. The van der Waals surface area contributed by atoms with Gasteiger partial charge in [0.15, 0.2) is 0 Å². The van der Waals surface area contributed by atoms with Crippen molar-refractivity contribution in [2.45, 2.75) is 12.3 Å². The van der Waals surface area contributed by atoms with Crippen molar-refractivity contribution in [3.05, 3.63) is 39.6 Å². The number of aromatic nitrogens is 2. The van der Waals surface area contributed by atoms with E-state index in [-0.39, 0.29) is 11.4 Å². The van der Waals surface area contributed by atoms with Crippen molar-refractivity contribution in [3.8, 4) is 17.4 Å². The highest BCUT2D eigenvalue weighted by Gasteiger charge is 2.21. The molecule has 0 amide bonds. The van der Waals surface area contributed by atoms with E-state index in [9.17, 15) is 10.1 Å². The average molecular weight is 356 g/mol. The van der Waals surface area contributed by atoms with E-state index in [2.05, 4.69) is 21.0 Å². The van der Waals surface area contributed by atoms with E-state index in [1.165, 1.54) is 19.2 Å². The van der Waals surface area contributed by atoms with Crippen molar-refractivity contribution in [2.24, 2.45) is 7.05 Å². The Hall–Kier alpha value is -2.09. The lowest BCUT2D eigenvalue weighted by Crippen LogP contribution is -1.99. The van der Waals surface area contributed by atoms with E-state index in [4.69, 9.17) is 9.47 Å². The summed E-state index contributed by atoms with van der Waals surface area (Å²) in [6, 6.07) is 4.45. The third-order valence-corrected chi connectivity index (χ3v) is 3.55. The second-order valence-corrected chi connectivity index (χ2v) is 4.88. The van der Waals surface area contributed by atoms with Crippen LogP contribution in [0.3, 0.4) is 0 Å². The molecule has 7 nitrogen and oxygen atoms in total. The molecule has 0 N–H and O–H groups in total. The molecule has 0 atom stereocenters. The molecule has 1 heterocycles. The molecule has 1 aromatic carbocycles. The first-order valence-electron chi connectivity index (χ1n) is 6.06. The lowest BCUT2D eigenvalue weighted by atomic mass is 10.2. The van der Waals surface area contributed by atoms with Crippen LogP contribution in [0, 0.1) is 17.0 Å². The van der Waals surface area contributed by atoms with Crippen LogP contribution in [0.2, 0.25) is 0 Å². The predicted molar refractivity (Wildman–Crippen MR) is 80.3 cm³/mol. The van der Waals surface area contributed by atoms with Gasteiger partial charge >= 0.3 is 5.69 Å². The third kappa shape index (κ3) is 2.99. The van der Waals surface area contributed by atoms with Crippen LogP contribution in [0.4, 0.5) is 5.69 Å². The molecule has 0 saturated carbocycles. The highest BCUT2D eigenvalue weighted by molar-refractivity contribution is 9.08. The predicted octanol–water partition coefficient (Wildman–Crippen LogP) is 3.33. The molecule has 2 rings (SSSR count). The molecule has 0 saturated heterocycles. The molecule has 0 unspecified atom stereocenters. The number of rotatable bonds is 5. The first-order valence-corrected chi connectivity index (χ1v) is 7.18. The van der Waals surface area contributed by atoms with Gasteiger partial charge in [-0.1, -0.05) is 15.9 Å². The Balaban J connectivity index is 2.47. The van der Waals surface area contributed by atoms with E-state index < -0.39 is 4.92 Å². The van der Waals surface area contributed by atoms with Gasteiger partial charge in [0.2, 0.25) is 11.6 Å². The Morgan fingerprint density at radius 3 is 2.76 bits per heavy atom. The van der Waals surface area contributed by atoms with E-state index in [1.807, 2.05) is 6.92 Å². The molecule has 2 aromatic rings. The topological polar surface area (TPSA) is 79.4 Å². The number of ether oxygens (including phenoxy) is 2. The number of methoxy groups -OCH3 is 1. The number of halogens is 1. The van der Waals surface area contributed by atoms with Gasteiger partial charge in [-0.25, -0.2) is 4.68 Å². The SMILES string of the molecule is COc1ccc(Oc2c(CBr)c(C)nn2C)c([N+](=O)[O-])c1. The smallest absolute Gasteiger partial charge is 0.315 e. The first kappa shape index (κ1) is 15.3. The van der Waals surface area contributed by atoms with Crippen LogP contribution in [0.5, 0.6) is 17.4 Å². The van der Waals surface area contributed by atoms with Crippen LogP contribution in [0.15, 0.2) is 18.2 Å². The summed E-state index contributed by atoms with van der Waals surface area (Å²) in [4.78, 5) is 10.7. The fraction of sp³-hybridized carbons (Fsp3) is 0.308. The Morgan fingerprint density at radius 2 is 2.19 bits per heavy atom. The van der Waals surface area contributed by atoms with Crippen molar-refractivity contribution >= 4 is 21.6 Å². The quantitative estimate of drug-likeness (QED) is 0.466. The van der Waals surface area contributed by atoms with Gasteiger partial charge in [0, 0.05) is 17.9 Å². The van der Waals surface area contributed by atoms with Crippen molar-refractivity contribution in [2.75, 3.05) is 7.11 Å². The summed E-state index contributed by atoms with van der Waals surface area (Å²) >= 11 is 3.37. The van der Waals surface area contributed by atoms with Gasteiger partial charge < -0.3 is 9.47 Å². The zero-order valence-corrected chi connectivity index (χ0v) is 13.4. The van der Waals surface area contributed by atoms with Gasteiger partial charge in [0.25, 0.3) is 0 Å². The molecule has 0 aliphatic heterocycles. The fourth-order valence-corrected chi connectivity index (χ4v) is 2.57. The Kier molecular flexibility index (Phi) is 4.46. The maximum atomic E-state index is 11.2. The Morgan fingerprint density at radius 1 is 1.48 bits per heavy atom. The maximum absolute atomic E-state index is 11.2. The highest BCUT2D eigenvalue weighted by Crippen LogP contribution is 2.36. The molecule has 8 heteroatoms. The van der Waals surface area contributed by atoms with Crippen LogP contribution in [-0.2, 0) is 12.4 Å². The summed E-state index contributed by atoms with van der Waals surface area (Å²) in [6.07, 6.45) is 0. The summed E-state index contributed by atoms with van der Waals surface area (Å²) in [5, 5.41) is 16.0. The number of hydrogen-bond donors (Lipinski definition) is 0. The van der Waals surface area contributed by atoms with Gasteiger partial charge in [-0.2, -0.15) is 5.10 Å². The molecular formula is C13H14BrN3O4. The summed E-state index contributed by atoms with van der Waals surface area (Å²) < 4.78 is 12.3. The third-order valence-electron chi connectivity index (χ3n) is 2.99. The van der Waals surface area contributed by atoms with Crippen molar-refractivity contribution in [1.82, 2.24) is 9.78 Å². The minimum atomic E-state index is -0.505. The van der Waals surface area contributed by atoms with Crippen LogP contribution >= 0.6 is 15.9 Å². The molecule has 0 bridgehead atoms. The van der Waals surface area contributed by atoms with Crippen molar-refractivity contribution < 1.29 is 14.4 Å². The standard InChI is InChI=1S/C13H14BrN3O4/c1-8-10(7-14)13(16(2)15-8)21-12-5-4-9(20-3)6-11(12)17(18)19/h4-6H,7H2,1-3H3. The van der Waals surface area contributed by atoms with Gasteiger partial charge in [-0.05, 0) is 19.1 Å². The van der Waals surface area contributed by atoms with E-state index in [0.29, 0.717) is 17.0 Å². The average Bonchev–Trinajstić information content (AvgIpc) is 2.72. The Labute approximate surface area is 129 Å². The zero-order valence-electron chi connectivity index (χ0n) is 11.8. The fourth-order valence-electron chi connectivity index (χ4n) is 1.92. The minimum Gasteiger partial charge on any atom is -0.496 e. The van der Waals surface area contributed by atoms with Gasteiger partial charge in [0.05, 0.1) is 23.8 Å². The molecule has 0 fully saturated rings. The molecular weight excluding hydrogens is 342 g/mol. The molecule has 0 aliphatic carbocycles. The second kappa shape index (κ2) is 6.13. The number of nitrogens with zero attached hydrogens (tertiary/aromatic N) is 3. The minimum absolute atomic E-state index is 0.144. The number of aryl methyl sites for hydroxylation is 2. The summed E-state index contributed by atoms with van der Waals surface area (Å²) in [5.74, 6) is 1.01. The molecule has 0 radical (unpaired) electrons. The van der Waals surface area contributed by atoms with Gasteiger partial charge in [0.1, 0.15) is 5.75 Å². The normalized spacial score (nSPS) is 10.5. The first-order chi connectivity index (χ1) is 9.97. The van der Waals surface area contributed by atoms with E-state index in [1.54, 1.807) is 17.8 Å². The summed E-state index contributed by atoms with van der Waals surface area (Å²) in [5.41, 5.74) is 1.50. The van der Waals surface area contributed by atoms with Gasteiger partial charge in [-0.3, -0.25) is 10.1 Å². The van der Waals surface area contributed by atoms with Crippen LogP contribution < -0.4 is 9.47 Å². The van der Waals surface area contributed by atoms with Crippen LogP contribution in [0.25, 0.3) is 0 Å². The summed E-state index contributed by atoms with van der Waals surface area (Å²) in [7, 11) is 3.18. The molecule has 0 spiro atoms. The lowest BCUT2D eigenvalue weighted by molar-refractivity contribution is -0.385. The molecule has 21 heavy (non-hydrogen) atoms. The number of nitro groups is 1. The molecule has 0 aliphatic rings. The Bertz CT molecular complexity index is 684. The monoisotopic (exact) mass is 355 g/mol. The number of benzene rings is 1. The largest absolute Gasteiger partial charge is 0.496 e. The molecule has 1 aromatic heterocycles. The maximum Gasteiger partial charge on any atom is 0.315 e. The number of nitro benzene ring substituents is 1.